The molecule has 0 saturated heterocycles. The van der Waals surface area contributed by atoms with Crippen LogP contribution in [0.25, 0.3) is 16.5 Å². The molecule has 0 N–H and O–H groups in total. The van der Waals surface area contributed by atoms with E-state index in [2.05, 4.69) is 0 Å². The Morgan fingerprint density at radius 2 is 1.50 bits per heavy atom. The summed E-state index contributed by atoms with van der Waals surface area (Å²) in [6.45, 7) is 2.39. The third kappa shape index (κ3) is 2.86. The highest BCUT2D eigenvalue weighted by Crippen LogP contribution is 2.20. The second-order valence-electron chi connectivity index (χ2n) is 6.39. The first kappa shape index (κ1) is 16.1. The van der Waals surface area contributed by atoms with E-state index in [1.807, 2.05) is 73.7 Å². The van der Waals surface area contributed by atoms with Crippen molar-refractivity contribution in [2.24, 2.45) is 0 Å². The van der Waals surface area contributed by atoms with Gasteiger partial charge in [0.15, 0.2) is 0 Å². The van der Waals surface area contributed by atoms with Crippen LogP contribution in [-0.2, 0) is 6.54 Å². The van der Waals surface area contributed by atoms with Crippen LogP contribution in [0.1, 0.15) is 11.1 Å². The summed E-state index contributed by atoms with van der Waals surface area (Å²) in [5, 5.41) is 1.97. The second kappa shape index (κ2) is 6.48. The average Bonchev–Trinajstić information content (AvgIpc) is 2.67. The first-order valence-electron chi connectivity index (χ1n) is 8.49. The summed E-state index contributed by atoms with van der Waals surface area (Å²) >= 11 is 0. The third-order valence-corrected chi connectivity index (χ3v) is 4.56. The molecule has 0 aliphatic heterocycles. The molecule has 0 saturated carbocycles. The van der Waals surface area contributed by atoms with Gasteiger partial charge in [-0.2, -0.15) is 0 Å². The van der Waals surface area contributed by atoms with Gasteiger partial charge in [0.25, 0.3) is 0 Å². The minimum absolute atomic E-state index is 0.380. The van der Waals surface area contributed by atoms with Gasteiger partial charge in [0.1, 0.15) is 0 Å². The molecular formula is C22H18N2O2. The van der Waals surface area contributed by atoms with Crippen molar-refractivity contribution in [3.63, 3.8) is 0 Å². The summed E-state index contributed by atoms with van der Waals surface area (Å²) in [6.07, 6.45) is 3.34. The van der Waals surface area contributed by atoms with E-state index in [4.69, 9.17) is 0 Å². The minimum Gasteiger partial charge on any atom is -0.305 e. The van der Waals surface area contributed by atoms with Crippen molar-refractivity contribution >= 4 is 10.8 Å². The molecule has 0 unspecified atom stereocenters. The summed E-state index contributed by atoms with van der Waals surface area (Å²) in [7, 11) is 0. The number of hydrogen-bond acceptors (Lipinski definition) is 2. The number of benzene rings is 3. The molecule has 4 nitrogen and oxygen atoms in total. The fourth-order valence-electron chi connectivity index (χ4n) is 3.13. The minimum atomic E-state index is -0.545. The van der Waals surface area contributed by atoms with E-state index in [0.717, 1.165) is 21.9 Å². The van der Waals surface area contributed by atoms with Gasteiger partial charge >= 0.3 is 11.1 Å². The standard InChI is InChI=1S/C22H18N2O2/c1-16-9-11-17(12-10-16)15-23-13-14-24(22(26)21(23)25)20-8-4-6-18-5-2-3-7-19(18)20/h2-14H,15H2,1H3. The van der Waals surface area contributed by atoms with Gasteiger partial charge in [0.05, 0.1) is 12.2 Å². The lowest BCUT2D eigenvalue weighted by Gasteiger charge is -2.11. The number of hydrogen-bond donors (Lipinski definition) is 0. The van der Waals surface area contributed by atoms with Crippen LogP contribution in [0.3, 0.4) is 0 Å². The Labute approximate surface area is 150 Å². The highest BCUT2D eigenvalue weighted by atomic mass is 16.2. The molecule has 1 aromatic heterocycles. The van der Waals surface area contributed by atoms with Crippen LogP contribution in [0.4, 0.5) is 0 Å². The smallest absolute Gasteiger partial charge is 0.305 e. The third-order valence-electron chi connectivity index (χ3n) is 4.56. The van der Waals surface area contributed by atoms with E-state index >= 15 is 0 Å². The molecule has 0 atom stereocenters. The van der Waals surface area contributed by atoms with Gasteiger partial charge in [-0.15, -0.1) is 0 Å². The Kier molecular flexibility index (Phi) is 4.01. The van der Waals surface area contributed by atoms with Gasteiger partial charge in [0, 0.05) is 17.8 Å². The van der Waals surface area contributed by atoms with E-state index in [1.165, 1.54) is 9.13 Å². The highest BCUT2D eigenvalue weighted by Gasteiger charge is 2.09. The lowest BCUT2D eigenvalue weighted by Crippen LogP contribution is -2.40. The lowest BCUT2D eigenvalue weighted by molar-refractivity contribution is 0.719. The van der Waals surface area contributed by atoms with Gasteiger partial charge < -0.3 is 4.57 Å². The normalized spacial score (nSPS) is 11.0. The molecule has 0 amide bonds. The zero-order chi connectivity index (χ0) is 18.1. The SMILES string of the molecule is Cc1ccc(Cn2ccn(-c3cccc4ccccc34)c(=O)c2=O)cc1. The van der Waals surface area contributed by atoms with E-state index < -0.39 is 11.1 Å². The quantitative estimate of drug-likeness (QED) is 0.535. The lowest BCUT2D eigenvalue weighted by atomic mass is 10.1. The second-order valence-corrected chi connectivity index (χ2v) is 6.39. The summed E-state index contributed by atoms with van der Waals surface area (Å²) < 4.78 is 2.88. The Balaban J connectivity index is 1.80. The molecule has 0 aliphatic carbocycles. The molecule has 0 bridgehead atoms. The monoisotopic (exact) mass is 342 g/mol. The maximum Gasteiger partial charge on any atom is 0.321 e. The van der Waals surface area contributed by atoms with Crippen LogP contribution in [0.2, 0.25) is 0 Å². The summed E-state index contributed by atoms with van der Waals surface area (Å²) in [5.41, 5.74) is 1.79. The topological polar surface area (TPSA) is 44.0 Å². The van der Waals surface area contributed by atoms with Gasteiger partial charge in [-0.05, 0) is 23.9 Å². The van der Waals surface area contributed by atoms with Gasteiger partial charge in [-0.25, -0.2) is 0 Å². The summed E-state index contributed by atoms with van der Waals surface area (Å²) in [6, 6.07) is 21.5. The van der Waals surface area contributed by atoms with Crippen LogP contribution in [0, 0.1) is 6.92 Å². The predicted molar refractivity (Wildman–Crippen MR) is 104 cm³/mol. The van der Waals surface area contributed by atoms with Crippen LogP contribution in [-0.4, -0.2) is 9.13 Å². The van der Waals surface area contributed by atoms with Gasteiger partial charge in [-0.1, -0.05) is 66.2 Å². The van der Waals surface area contributed by atoms with Crippen molar-refractivity contribution in [1.29, 1.82) is 0 Å². The van der Waals surface area contributed by atoms with Crippen LogP contribution in [0.5, 0.6) is 0 Å². The first-order chi connectivity index (χ1) is 12.6. The van der Waals surface area contributed by atoms with E-state index in [-0.39, 0.29) is 0 Å². The van der Waals surface area contributed by atoms with Crippen molar-refractivity contribution in [1.82, 2.24) is 9.13 Å². The van der Waals surface area contributed by atoms with Gasteiger partial charge in [0.2, 0.25) is 0 Å². The molecule has 3 aromatic carbocycles. The predicted octanol–water partition coefficient (Wildman–Crippen LogP) is 3.51. The Morgan fingerprint density at radius 1 is 0.769 bits per heavy atom. The largest absolute Gasteiger partial charge is 0.321 e. The maximum absolute atomic E-state index is 12.7. The van der Waals surface area contributed by atoms with Crippen LogP contribution < -0.4 is 11.1 Å². The van der Waals surface area contributed by atoms with E-state index in [9.17, 15) is 9.59 Å². The molecule has 1 heterocycles. The van der Waals surface area contributed by atoms with E-state index in [0.29, 0.717) is 12.2 Å². The molecular weight excluding hydrogens is 324 g/mol. The number of aromatic nitrogens is 2. The van der Waals surface area contributed by atoms with Crippen molar-refractivity contribution < 1.29 is 0 Å². The molecule has 0 fully saturated rings. The molecule has 4 aromatic rings. The van der Waals surface area contributed by atoms with Crippen LogP contribution >= 0.6 is 0 Å². The molecule has 4 rings (SSSR count). The fourth-order valence-corrected chi connectivity index (χ4v) is 3.13. The molecule has 0 radical (unpaired) electrons. The zero-order valence-corrected chi connectivity index (χ0v) is 14.4. The summed E-state index contributed by atoms with van der Waals surface area (Å²) in [5.74, 6) is 0. The zero-order valence-electron chi connectivity index (χ0n) is 14.4. The Bertz CT molecular complexity index is 1200. The van der Waals surface area contributed by atoms with Crippen molar-refractivity contribution in [3.05, 3.63) is 111 Å². The first-order valence-corrected chi connectivity index (χ1v) is 8.49. The summed E-state index contributed by atoms with van der Waals surface area (Å²) in [4.78, 5) is 25.3. The number of fused-ring (bicyclic) bond motifs is 1. The van der Waals surface area contributed by atoms with Crippen molar-refractivity contribution in [3.8, 4) is 5.69 Å². The van der Waals surface area contributed by atoms with Gasteiger partial charge in [-0.3, -0.25) is 14.2 Å². The maximum atomic E-state index is 12.7. The van der Waals surface area contributed by atoms with Crippen molar-refractivity contribution in [2.45, 2.75) is 13.5 Å². The molecule has 4 heteroatoms. The molecule has 0 spiro atoms. The van der Waals surface area contributed by atoms with Crippen molar-refractivity contribution in [2.75, 3.05) is 0 Å². The Morgan fingerprint density at radius 3 is 2.31 bits per heavy atom. The highest BCUT2D eigenvalue weighted by molar-refractivity contribution is 5.90. The Hall–Kier alpha value is -3.40. The van der Waals surface area contributed by atoms with Crippen LogP contribution in [0.15, 0.2) is 88.7 Å². The number of nitrogens with zero attached hydrogens (tertiary/aromatic N) is 2. The average molecular weight is 342 g/mol. The number of aryl methyl sites for hydroxylation is 1. The number of rotatable bonds is 3. The van der Waals surface area contributed by atoms with E-state index in [1.54, 1.807) is 12.4 Å². The molecule has 0 aliphatic rings. The molecule has 128 valence electrons. The fraction of sp³-hybridized carbons (Fsp3) is 0.0909. The molecule has 26 heavy (non-hydrogen) atoms.